The van der Waals surface area contributed by atoms with E-state index in [1.54, 1.807) is 12.3 Å². The fourth-order valence-electron chi connectivity index (χ4n) is 4.50. The first kappa shape index (κ1) is 20.4. The molecule has 0 saturated carbocycles. The molecule has 0 aliphatic carbocycles. The van der Waals surface area contributed by atoms with Crippen molar-refractivity contribution < 1.29 is 4.74 Å². The average molecular weight is 464 g/mol. The third-order valence-corrected chi connectivity index (χ3v) is 8.40. The molecule has 2 aliphatic rings. The van der Waals surface area contributed by atoms with Gasteiger partial charge in [0.1, 0.15) is 0 Å². The summed E-state index contributed by atoms with van der Waals surface area (Å²) in [7, 11) is 0. The molecule has 1 aromatic carbocycles. The lowest BCUT2D eigenvalue weighted by atomic mass is 9.73. The molecule has 0 bridgehead atoms. The zero-order valence-corrected chi connectivity index (χ0v) is 18.9. The fourth-order valence-corrected chi connectivity index (χ4v) is 5.90. The van der Waals surface area contributed by atoms with Crippen LogP contribution in [0.15, 0.2) is 46.6 Å². The lowest BCUT2D eigenvalue weighted by Crippen LogP contribution is -2.51. The zero-order valence-electron chi connectivity index (χ0n) is 16.6. The first-order valence-corrected chi connectivity index (χ1v) is 11.6. The number of imidazole rings is 1. The monoisotopic (exact) mass is 463 g/mol. The number of fused-ring (bicyclic) bond motifs is 1. The largest absolute Gasteiger partial charge is 0.376 e. The molecule has 6 nitrogen and oxygen atoms in total. The summed E-state index contributed by atoms with van der Waals surface area (Å²) < 4.78 is 7.90. The van der Waals surface area contributed by atoms with Gasteiger partial charge in [0.05, 0.1) is 27.7 Å². The Morgan fingerprint density at radius 3 is 2.73 bits per heavy atom. The van der Waals surface area contributed by atoms with E-state index in [1.807, 2.05) is 28.9 Å². The highest BCUT2D eigenvalue weighted by molar-refractivity contribution is 7.99. The summed E-state index contributed by atoms with van der Waals surface area (Å²) in [4.78, 5) is 13.5. The van der Waals surface area contributed by atoms with Crippen molar-refractivity contribution in [1.29, 1.82) is 0 Å². The predicted molar refractivity (Wildman–Crippen MR) is 121 cm³/mol. The van der Waals surface area contributed by atoms with Gasteiger partial charge in [-0.1, -0.05) is 41.0 Å². The summed E-state index contributed by atoms with van der Waals surface area (Å²) in [5.74, 6) is 0.902. The van der Waals surface area contributed by atoms with Crippen LogP contribution in [-0.4, -0.2) is 46.2 Å². The number of halogens is 2. The van der Waals surface area contributed by atoms with Crippen molar-refractivity contribution in [1.82, 2.24) is 14.4 Å². The standard InChI is InChI=1S/C21H23Cl2N5OS/c1-13-18(24)21(12-29-13)5-8-27(9-6-21)20-26-11-16(19-25-7-10-28(19)20)30-15-4-2-3-14(22)17(15)23/h2-4,7,10-11,13,18H,5-6,8-9,12,24H2,1H3/t13-,18?/m0/s1. The maximum absolute atomic E-state index is 6.46. The van der Waals surface area contributed by atoms with E-state index in [1.165, 1.54) is 11.8 Å². The lowest BCUT2D eigenvalue weighted by Gasteiger charge is -2.41. The Hall–Kier alpha value is -1.51. The highest BCUT2D eigenvalue weighted by atomic mass is 35.5. The molecule has 2 atom stereocenters. The molecule has 3 aromatic rings. The number of piperidine rings is 1. The van der Waals surface area contributed by atoms with Crippen molar-refractivity contribution in [2.75, 3.05) is 24.6 Å². The molecule has 158 valence electrons. The fraction of sp³-hybridized carbons (Fsp3) is 0.429. The molecule has 30 heavy (non-hydrogen) atoms. The predicted octanol–water partition coefficient (Wildman–Crippen LogP) is 4.52. The van der Waals surface area contributed by atoms with Gasteiger partial charge in [-0.15, -0.1) is 0 Å². The second-order valence-corrected chi connectivity index (χ2v) is 9.96. The van der Waals surface area contributed by atoms with Gasteiger partial charge in [-0.2, -0.15) is 0 Å². The van der Waals surface area contributed by atoms with Crippen LogP contribution < -0.4 is 10.6 Å². The molecule has 2 aliphatic heterocycles. The van der Waals surface area contributed by atoms with Crippen LogP contribution in [0.2, 0.25) is 10.0 Å². The van der Waals surface area contributed by atoms with E-state index in [0.29, 0.717) is 10.0 Å². The van der Waals surface area contributed by atoms with Gasteiger partial charge in [0.2, 0.25) is 5.95 Å². The number of nitrogens with two attached hydrogens (primary N) is 1. The molecule has 4 heterocycles. The van der Waals surface area contributed by atoms with Crippen LogP contribution in [0.1, 0.15) is 19.8 Å². The maximum Gasteiger partial charge on any atom is 0.211 e. The third kappa shape index (κ3) is 3.37. The quantitative estimate of drug-likeness (QED) is 0.615. The minimum Gasteiger partial charge on any atom is -0.376 e. The van der Waals surface area contributed by atoms with E-state index in [9.17, 15) is 0 Å². The van der Waals surface area contributed by atoms with Gasteiger partial charge in [0.15, 0.2) is 5.65 Å². The number of hydrogen-bond acceptors (Lipinski definition) is 6. The molecule has 1 unspecified atom stereocenters. The summed E-state index contributed by atoms with van der Waals surface area (Å²) in [5.41, 5.74) is 7.41. The number of nitrogens with zero attached hydrogens (tertiary/aromatic N) is 4. The normalized spacial score (nSPS) is 23.5. The second-order valence-electron chi connectivity index (χ2n) is 8.09. The van der Waals surface area contributed by atoms with Crippen molar-refractivity contribution in [2.45, 2.75) is 41.7 Å². The second kappa shape index (κ2) is 7.88. The zero-order chi connectivity index (χ0) is 20.9. The summed E-state index contributed by atoms with van der Waals surface area (Å²) in [6.45, 7) is 4.63. The van der Waals surface area contributed by atoms with Crippen molar-refractivity contribution in [3.8, 4) is 0 Å². The third-order valence-electron chi connectivity index (χ3n) is 6.40. The topological polar surface area (TPSA) is 68.7 Å². The molecule has 9 heteroatoms. The van der Waals surface area contributed by atoms with Crippen molar-refractivity contribution >= 4 is 46.6 Å². The van der Waals surface area contributed by atoms with E-state index in [4.69, 9.17) is 38.7 Å². The van der Waals surface area contributed by atoms with Crippen molar-refractivity contribution in [2.24, 2.45) is 11.1 Å². The SMILES string of the molecule is C[C@@H]1OCC2(CCN(c3ncc(Sc4cccc(Cl)c4Cl)c4nccn34)CC2)C1N. The van der Waals surface area contributed by atoms with Crippen LogP contribution >= 0.6 is 35.0 Å². The molecule has 1 spiro atoms. The minimum atomic E-state index is 0.0864. The molecule has 2 saturated heterocycles. The van der Waals surface area contributed by atoms with Crippen LogP contribution in [0, 0.1) is 5.41 Å². The van der Waals surface area contributed by atoms with E-state index >= 15 is 0 Å². The molecule has 2 fully saturated rings. The Labute approximate surface area is 189 Å². The van der Waals surface area contributed by atoms with Crippen LogP contribution in [0.3, 0.4) is 0 Å². The molecule has 5 rings (SSSR count). The minimum absolute atomic E-state index is 0.0864. The van der Waals surface area contributed by atoms with Gasteiger partial charge in [-0.25, -0.2) is 9.97 Å². The van der Waals surface area contributed by atoms with Gasteiger partial charge in [-0.05, 0) is 31.9 Å². The molecule has 0 radical (unpaired) electrons. The number of hydrogen-bond donors (Lipinski definition) is 1. The van der Waals surface area contributed by atoms with Gasteiger partial charge in [0.25, 0.3) is 0 Å². The highest BCUT2D eigenvalue weighted by Crippen LogP contribution is 2.42. The summed E-state index contributed by atoms with van der Waals surface area (Å²) in [6, 6.07) is 5.72. The van der Waals surface area contributed by atoms with Gasteiger partial charge < -0.3 is 15.4 Å². The molecular formula is C21H23Cl2N5OS. The molecular weight excluding hydrogens is 441 g/mol. The summed E-state index contributed by atoms with van der Waals surface area (Å²) in [5, 5.41) is 1.08. The molecule has 2 N–H and O–H groups in total. The lowest BCUT2D eigenvalue weighted by molar-refractivity contribution is 0.0973. The van der Waals surface area contributed by atoms with Gasteiger partial charge in [-0.3, -0.25) is 4.40 Å². The average Bonchev–Trinajstić information content (AvgIpc) is 3.35. The summed E-state index contributed by atoms with van der Waals surface area (Å²) in [6.07, 6.45) is 7.77. The van der Waals surface area contributed by atoms with Gasteiger partial charge >= 0.3 is 0 Å². The Morgan fingerprint density at radius 1 is 1.20 bits per heavy atom. The van der Waals surface area contributed by atoms with E-state index in [2.05, 4.69) is 16.8 Å². The van der Waals surface area contributed by atoms with Gasteiger partial charge in [0, 0.05) is 48.0 Å². The highest BCUT2D eigenvalue weighted by Gasteiger charge is 2.47. The first-order valence-electron chi connectivity index (χ1n) is 10.0. The maximum atomic E-state index is 6.46. The number of aromatic nitrogens is 3. The molecule has 2 aromatic heterocycles. The van der Waals surface area contributed by atoms with E-state index in [-0.39, 0.29) is 17.6 Å². The number of ether oxygens (including phenoxy) is 1. The van der Waals surface area contributed by atoms with E-state index < -0.39 is 0 Å². The van der Waals surface area contributed by atoms with Crippen LogP contribution in [0.5, 0.6) is 0 Å². The first-order chi connectivity index (χ1) is 14.5. The smallest absolute Gasteiger partial charge is 0.211 e. The van der Waals surface area contributed by atoms with Crippen molar-refractivity contribution in [3.05, 3.63) is 46.8 Å². The number of anilines is 1. The van der Waals surface area contributed by atoms with Crippen LogP contribution in [0.25, 0.3) is 5.65 Å². The number of rotatable bonds is 3. The Morgan fingerprint density at radius 2 is 2.00 bits per heavy atom. The van der Waals surface area contributed by atoms with Crippen molar-refractivity contribution in [3.63, 3.8) is 0 Å². The summed E-state index contributed by atoms with van der Waals surface area (Å²) >= 11 is 14.1. The Balaban J connectivity index is 1.40. The van der Waals surface area contributed by atoms with Crippen LogP contribution in [0.4, 0.5) is 5.95 Å². The Bertz CT molecular complexity index is 1080. The molecule has 0 amide bonds. The van der Waals surface area contributed by atoms with Crippen LogP contribution in [-0.2, 0) is 4.74 Å². The number of benzene rings is 1. The van der Waals surface area contributed by atoms with E-state index in [0.717, 1.165) is 53.9 Å². The Kier molecular flexibility index (Phi) is 5.35.